The summed E-state index contributed by atoms with van der Waals surface area (Å²) in [4.78, 5) is 26.5. The summed E-state index contributed by atoms with van der Waals surface area (Å²) in [6.45, 7) is 7.56. The SMILES string of the molecule is CCN(Cc1ccccc1)c1cc(C(=O)N2c3ccccc3CC2C)nc(C)n1. The number of rotatable bonds is 5. The van der Waals surface area contributed by atoms with Crippen molar-refractivity contribution in [2.24, 2.45) is 0 Å². The van der Waals surface area contributed by atoms with E-state index in [1.54, 1.807) is 0 Å². The minimum absolute atomic E-state index is 0.0648. The van der Waals surface area contributed by atoms with Crippen molar-refractivity contribution >= 4 is 17.4 Å². The largest absolute Gasteiger partial charge is 0.352 e. The lowest BCUT2D eigenvalue weighted by Crippen LogP contribution is -2.36. The molecule has 0 saturated carbocycles. The van der Waals surface area contributed by atoms with Gasteiger partial charge in [-0.3, -0.25) is 4.79 Å². The van der Waals surface area contributed by atoms with Crippen LogP contribution in [0.2, 0.25) is 0 Å². The number of carbonyl (C=O) groups excluding carboxylic acids is 1. The van der Waals surface area contributed by atoms with Crippen molar-refractivity contribution in [2.75, 3.05) is 16.3 Å². The number of hydrogen-bond acceptors (Lipinski definition) is 4. The van der Waals surface area contributed by atoms with E-state index in [9.17, 15) is 4.79 Å². The normalized spacial score (nSPS) is 15.3. The van der Waals surface area contributed by atoms with Gasteiger partial charge in [0.05, 0.1) is 0 Å². The van der Waals surface area contributed by atoms with Gasteiger partial charge in [0.2, 0.25) is 0 Å². The van der Waals surface area contributed by atoms with Gasteiger partial charge in [-0.2, -0.15) is 0 Å². The molecule has 2 aromatic carbocycles. The van der Waals surface area contributed by atoms with Crippen molar-refractivity contribution in [3.05, 3.63) is 83.3 Å². The summed E-state index contributed by atoms with van der Waals surface area (Å²) in [5, 5.41) is 0. The zero-order chi connectivity index (χ0) is 20.4. The summed E-state index contributed by atoms with van der Waals surface area (Å²) in [6.07, 6.45) is 0.869. The van der Waals surface area contributed by atoms with E-state index in [0.717, 1.165) is 31.0 Å². The number of amides is 1. The second-order valence-corrected chi connectivity index (χ2v) is 7.52. The summed E-state index contributed by atoms with van der Waals surface area (Å²) in [5.74, 6) is 1.33. The smallest absolute Gasteiger partial charge is 0.277 e. The van der Waals surface area contributed by atoms with E-state index < -0.39 is 0 Å². The van der Waals surface area contributed by atoms with Crippen LogP contribution >= 0.6 is 0 Å². The Balaban J connectivity index is 1.65. The Hall–Kier alpha value is -3.21. The van der Waals surface area contributed by atoms with Crippen molar-refractivity contribution < 1.29 is 4.79 Å². The van der Waals surface area contributed by atoms with Gasteiger partial charge in [0.25, 0.3) is 5.91 Å². The second kappa shape index (κ2) is 8.03. The molecule has 3 aromatic rings. The van der Waals surface area contributed by atoms with Gasteiger partial charge in [-0.25, -0.2) is 9.97 Å². The van der Waals surface area contributed by atoms with Gasteiger partial charge < -0.3 is 9.80 Å². The van der Waals surface area contributed by atoms with Crippen LogP contribution in [0.4, 0.5) is 11.5 Å². The molecule has 1 amide bonds. The third kappa shape index (κ3) is 3.86. The van der Waals surface area contributed by atoms with E-state index in [2.05, 4.69) is 46.9 Å². The Kier molecular flexibility index (Phi) is 5.30. The number of nitrogens with zero attached hydrogens (tertiary/aromatic N) is 4. The van der Waals surface area contributed by atoms with Crippen LogP contribution < -0.4 is 9.80 Å². The van der Waals surface area contributed by atoms with Crippen LogP contribution in [0.5, 0.6) is 0 Å². The molecular formula is C24H26N4O. The molecule has 0 aliphatic carbocycles. The molecule has 0 N–H and O–H groups in total. The summed E-state index contributed by atoms with van der Waals surface area (Å²) < 4.78 is 0. The van der Waals surface area contributed by atoms with Crippen LogP contribution in [0.25, 0.3) is 0 Å². The van der Waals surface area contributed by atoms with Crippen molar-refractivity contribution in [1.82, 2.24) is 9.97 Å². The summed E-state index contributed by atoms with van der Waals surface area (Å²) >= 11 is 0. The lowest BCUT2D eigenvalue weighted by atomic mass is 10.1. The van der Waals surface area contributed by atoms with E-state index >= 15 is 0 Å². The van der Waals surface area contributed by atoms with Crippen LogP contribution in [-0.2, 0) is 13.0 Å². The minimum atomic E-state index is -0.0648. The number of aryl methyl sites for hydroxylation is 1. The molecule has 0 saturated heterocycles. The number of anilines is 2. The van der Waals surface area contributed by atoms with Gasteiger partial charge in [-0.1, -0.05) is 48.5 Å². The van der Waals surface area contributed by atoms with Crippen LogP contribution in [0.15, 0.2) is 60.7 Å². The minimum Gasteiger partial charge on any atom is -0.352 e. The van der Waals surface area contributed by atoms with Gasteiger partial charge in [-0.15, -0.1) is 0 Å². The Morgan fingerprint density at radius 2 is 1.83 bits per heavy atom. The number of aromatic nitrogens is 2. The molecule has 1 aliphatic heterocycles. The van der Waals surface area contributed by atoms with E-state index in [1.165, 1.54) is 11.1 Å². The number of para-hydroxylation sites is 1. The molecule has 5 nitrogen and oxygen atoms in total. The maximum atomic E-state index is 13.4. The Labute approximate surface area is 172 Å². The first-order valence-corrected chi connectivity index (χ1v) is 10.1. The number of carbonyl (C=O) groups is 1. The Bertz CT molecular complexity index is 1020. The molecule has 0 radical (unpaired) electrons. The summed E-state index contributed by atoms with van der Waals surface area (Å²) in [7, 11) is 0. The van der Waals surface area contributed by atoms with Crippen molar-refractivity contribution in [3.8, 4) is 0 Å². The molecule has 5 heteroatoms. The zero-order valence-corrected chi connectivity index (χ0v) is 17.2. The fourth-order valence-electron chi connectivity index (χ4n) is 3.98. The monoisotopic (exact) mass is 386 g/mol. The van der Waals surface area contributed by atoms with Gasteiger partial charge in [0, 0.05) is 30.9 Å². The standard InChI is InChI=1S/C24H26N4O/c1-4-27(16-19-10-6-5-7-11-19)23-15-21(25-18(3)26-23)24(29)28-17(2)14-20-12-8-9-13-22(20)28/h5-13,15,17H,4,14,16H2,1-3H3. The topological polar surface area (TPSA) is 49.3 Å². The number of hydrogen-bond donors (Lipinski definition) is 0. The summed E-state index contributed by atoms with van der Waals surface area (Å²) in [6, 6.07) is 20.3. The fourth-order valence-corrected chi connectivity index (χ4v) is 3.98. The first-order valence-electron chi connectivity index (χ1n) is 10.1. The molecule has 29 heavy (non-hydrogen) atoms. The molecule has 2 heterocycles. The number of benzene rings is 2. The highest BCUT2D eigenvalue weighted by atomic mass is 16.2. The predicted molar refractivity (Wildman–Crippen MR) is 116 cm³/mol. The van der Waals surface area contributed by atoms with E-state index in [0.29, 0.717) is 11.5 Å². The molecule has 1 aromatic heterocycles. The van der Waals surface area contributed by atoms with Gasteiger partial charge >= 0.3 is 0 Å². The van der Waals surface area contributed by atoms with Gasteiger partial charge in [0.1, 0.15) is 17.3 Å². The first kappa shape index (κ1) is 19.1. The van der Waals surface area contributed by atoms with E-state index in [4.69, 9.17) is 0 Å². The summed E-state index contributed by atoms with van der Waals surface area (Å²) in [5.41, 5.74) is 3.85. The highest BCUT2D eigenvalue weighted by Gasteiger charge is 2.32. The van der Waals surface area contributed by atoms with Gasteiger partial charge in [0.15, 0.2) is 0 Å². The van der Waals surface area contributed by atoms with Crippen LogP contribution in [0.1, 0.15) is 41.3 Å². The highest BCUT2D eigenvalue weighted by molar-refractivity contribution is 6.06. The maximum Gasteiger partial charge on any atom is 0.277 e. The lowest BCUT2D eigenvalue weighted by molar-refractivity contribution is 0.0976. The van der Waals surface area contributed by atoms with Crippen LogP contribution in [0, 0.1) is 6.92 Å². The lowest BCUT2D eigenvalue weighted by Gasteiger charge is -2.25. The Morgan fingerprint density at radius 1 is 1.10 bits per heavy atom. The maximum absolute atomic E-state index is 13.4. The third-order valence-electron chi connectivity index (χ3n) is 5.39. The second-order valence-electron chi connectivity index (χ2n) is 7.52. The molecule has 4 rings (SSSR count). The number of fused-ring (bicyclic) bond motifs is 1. The van der Waals surface area contributed by atoms with E-state index in [-0.39, 0.29) is 11.9 Å². The molecule has 1 aliphatic rings. The quantitative estimate of drug-likeness (QED) is 0.652. The van der Waals surface area contributed by atoms with Gasteiger partial charge in [-0.05, 0) is 44.4 Å². The van der Waals surface area contributed by atoms with Crippen molar-refractivity contribution in [1.29, 1.82) is 0 Å². The highest BCUT2D eigenvalue weighted by Crippen LogP contribution is 2.33. The fraction of sp³-hybridized carbons (Fsp3) is 0.292. The molecule has 1 atom stereocenters. The average Bonchev–Trinajstić information content (AvgIpc) is 3.07. The molecule has 0 spiro atoms. The van der Waals surface area contributed by atoms with E-state index in [1.807, 2.05) is 54.3 Å². The van der Waals surface area contributed by atoms with Crippen LogP contribution in [-0.4, -0.2) is 28.5 Å². The molecule has 1 unspecified atom stereocenters. The predicted octanol–water partition coefficient (Wildman–Crippen LogP) is 4.40. The molecular weight excluding hydrogens is 360 g/mol. The first-order chi connectivity index (χ1) is 14.1. The average molecular weight is 386 g/mol. The molecule has 0 bridgehead atoms. The zero-order valence-electron chi connectivity index (χ0n) is 17.2. The van der Waals surface area contributed by atoms with Crippen molar-refractivity contribution in [3.63, 3.8) is 0 Å². The third-order valence-corrected chi connectivity index (χ3v) is 5.39. The molecule has 0 fully saturated rings. The molecule has 148 valence electrons. The van der Waals surface area contributed by atoms with Crippen LogP contribution in [0.3, 0.4) is 0 Å². The van der Waals surface area contributed by atoms with Crippen molar-refractivity contribution in [2.45, 2.75) is 39.8 Å². The Morgan fingerprint density at radius 3 is 2.59 bits per heavy atom.